The molecule has 0 spiro atoms. The minimum absolute atomic E-state index is 0.150. The van der Waals surface area contributed by atoms with Crippen molar-refractivity contribution in [2.24, 2.45) is 0 Å². The summed E-state index contributed by atoms with van der Waals surface area (Å²) in [4.78, 5) is 40.1. The second-order valence-electron chi connectivity index (χ2n) is 5.89. The number of rotatable bonds is 2. The van der Waals surface area contributed by atoms with Crippen LogP contribution in [0, 0.1) is 0 Å². The second kappa shape index (κ2) is 6.00. The van der Waals surface area contributed by atoms with Gasteiger partial charge in [-0.3, -0.25) is 14.4 Å². The molecule has 2 aliphatic heterocycles. The lowest BCUT2D eigenvalue weighted by molar-refractivity contribution is -0.155. The zero-order valence-electron chi connectivity index (χ0n) is 12.8. The molecule has 0 radical (unpaired) electrons. The van der Waals surface area contributed by atoms with Crippen LogP contribution in [0.15, 0.2) is 30.3 Å². The Labute approximate surface area is 133 Å². The molecule has 3 rings (SSSR count). The summed E-state index contributed by atoms with van der Waals surface area (Å²) in [6.45, 7) is 2.30. The molecule has 1 aromatic rings. The Morgan fingerprint density at radius 2 is 1.96 bits per heavy atom. The summed E-state index contributed by atoms with van der Waals surface area (Å²) < 4.78 is 0. The van der Waals surface area contributed by atoms with Crippen molar-refractivity contribution >= 4 is 17.7 Å². The van der Waals surface area contributed by atoms with Crippen molar-refractivity contribution in [3.05, 3.63) is 35.9 Å². The van der Waals surface area contributed by atoms with Crippen molar-refractivity contribution in [2.45, 2.75) is 25.1 Å². The Kier molecular flexibility index (Phi) is 4.04. The van der Waals surface area contributed by atoms with Crippen LogP contribution in [0.4, 0.5) is 0 Å². The topological polar surface area (TPSA) is 89.9 Å². The monoisotopic (exact) mass is 317 g/mol. The molecule has 2 aliphatic rings. The number of piperazine rings is 2. The number of carbonyl (C=O) groups is 3. The highest BCUT2D eigenvalue weighted by Gasteiger charge is 2.45. The summed E-state index contributed by atoms with van der Waals surface area (Å²) in [6, 6.07) is 7.25. The van der Waals surface area contributed by atoms with Gasteiger partial charge in [-0.05, 0) is 19.1 Å². The SMILES string of the molecule is C[C@H](O)[C@H]1NC(=O)[C@H]2CN(C(=O)c3ccccc3)CCN2C1=O. The van der Waals surface area contributed by atoms with Crippen LogP contribution in [-0.2, 0) is 9.59 Å². The van der Waals surface area contributed by atoms with Crippen LogP contribution in [0.1, 0.15) is 17.3 Å². The molecular formula is C16H19N3O4. The fraction of sp³-hybridized carbons (Fsp3) is 0.438. The predicted octanol–water partition coefficient (Wildman–Crippen LogP) is -0.781. The molecule has 2 fully saturated rings. The third-order valence-corrected chi connectivity index (χ3v) is 4.32. The summed E-state index contributed by atoms with van der Waals surface area (Å²) in [7, 11) is 0. The smallest absolute Gasteiger partial charge is 0.253 e. The Bertz CT molecular complexity index is 631. The molecule has 1 aromatic carbocycles. The van der Waals surface area contributed by atoms with Crippen LogP contribution in [-0.4, -0.2) is 70.4 Å². The third-order valence-electron chi connectivity index (χ3n) is 4.32. The fourth-order valence-electron chi connectivity index (χ4n) is 3.04. The molecular weight excluding hydrogens is 298 g/mol. The molecule has 23 heavy (non-hydrogen) atoms. The van der Waals surface area contributed by atoms with Crippen LogP contribution in [0.5, 0.6) is 0 Å². The highest BCUT2D eigenvalue weighted by atomic mass is 16.3. The van der Waals surface area contributed by atoms with Crippen LogP contribution in [0.2, 0.25) is 0 Å². The lowest BCUT2D eigenvalue weighted by atomic mass is 10.0. The van der Waals surface area contributed by atoms with Crippen molar-refractivity contribution in [2.75, 3.05) is 19.6 Å². The molecule has 3 atom stereocenters. The van der Waals surface area contributed by atoms with Gasteiger partial charge in [0.25, 0.3) is 5.91 Å². The van der Waals surface area contributed by atoms with E-state index in [-0.39, 0.29) is 24.3 Å². The number of benzene rings is 1. The zero-order chi connectivity index (χ0) is 16.6. The van der Waals surface area contributed by atoms with Gasteiger partial charge in [-0.15, -0.1) is 0 Å². The maximum Gasteiger partial charge on any atom is 0.253 e. The van der Waals surface area contributed by atoms with E-state index in [2.05, 4.69) is 5.32 Å². The molecule has 2 N–H and O–H groups in total. The number of nitrogens with one attached hydrogen (secondary N) is 1. The first kappa shape index (κ1) is 15.5. The van der Waals surface area contributed by atoms with Gasteiger partial charge in [0.15, 0.2) is 0 Å². The first-order valence-corrected chi connectivity index (χ1v) is 7.62. The highest BCUT2D eigenvalue weighted by Crippen LogP contribution is 2.19. The second-order valence-corrected chi connectivity index (χ2v) is 5.89. The number of fused-ring (bicyclic) bond motifs is 1. The van der Waals surface area contributed by atoms with E-state index in [0.29, 0.717) is 18.7 Å². The van der Waals surface area contributed by atoms with Gasteiger partial charge in [0.1, 0.15) is 12.1 Å². The molecule has 0 saturated carbocycles. The number of nitrogens with zero attached hydrogens (tertiary/aromatic N) is 2. The molecule has 0 aliphatic carbocycles. The molecule has 122 valence electrons. The molecule has 2 saturated heterocycles. The Balaban J connectivity index is 1.75. The standard InChI is InChI=1S/C16H19N3O4/c1-10(20)13-16(23)19-8-7-18(9-12(19)14(21)17-13)15(22)11-5-3-2-4-6-11/h2-6,10,12-13,20H,7-9H2,1H3,(H,17,21)/t10-,12+,13+/m0/s1. The molecule has 3 amide bonds. The van der Waals surface area contributed by atoms with Gasteiger partial charge >= 0.3 is 0 Å². The third kappa shape index (κ3) is 2.79. The maximum atomic E-state index is 12.5. The number of hydrogen-bond acceptors (Lipinski definition) is 4. The molecule has 0 bridgehead atoms. The summed E-state index contributed by atoms with van der Waals surface area (Å²) in [5, 5.41) is 12.2. The van der Waals surface area contributed by atoms with E-state index in [1.165, 1.54) is 11.8 Å². The summed E-state index contributed by atoms with van der Waals surface area (Å²) >= 11 is 0. The highest BCUT2D eigenvalue weighted by molar-refractivity contribution is 5.99. The van der Waals surface area contributed by atoms with Gasteiger partial charge in [-0.1, -0.05) is 18.2 Å². The zero-order valence-corrected chi connectivity index (χ0v) is 12.8. The van der Waals surface area contributed by atoms with Crippen LogP contribution in [0.3, 0.4) is 0 Å². The van der Waals surface area contributed by atoms with E-state index in [9.17, 15) is 19.5 Å². The van der Waals surface area contributed by atoms with Gasteiger partial charge in [-0.25, -0.2) is 0 Å². The molecule has 7 nitrogen and oxygen atoms in total. The summed E-state index contributed by atoms with van der Waals surface area (Å²) in [5.41, 5.74) is 0.561. The Morgan fingerprint density at radius 3 is 2.61 bits per heavy atom. The fourth-order valence-corrected chi connectivity index (χ4v) is 3.04. The normalized spacial score (nSPS) is 25.7. The summed E-state index contributed by atoms with van der Waals surface area (Å²) in [6.07, 6.45) is -0.948. The van der Waals surface area contributed by atoms with Gasteiger partial charge in [0.05, 0.1) is 12.6 Å². The molecule has 0 unspecified atom stereocenters. The largest absolute Gasteiger partial charge is 0.391 e. The number of amides is 3. The number of carbonyl (C=O) groups excluding carboxylic acids is 3. The molecule has 7 heteroatoms. The van der Waals surface area contributed by atoms with E-state index in [0.717, 1.165) is 0 Å². The van der Waals surface area contributed by atoms with E-state index in [1.807, 2.05) is 6.07 Å². The van der Waals surface area contributed by atoms with Crippen LogP contribution >= 0.6 is 0 Å². The average Bonchev–Trinajstić information content (AvgIpc) is 2.57. The van der Waals surface area contributed by atoms with Crippen molar-refractivity contribution in [3.8, 4) is 0 Å². The Morgan fingerprint density at radius 1 is 1.26 bits per heavy atom. The minimum Gasteiger partial charge on any atom is -0.391 e. The van der Waals surface area contributed by atoms with Gasteiger partial charge in [0, 0.05) is 18.7 Å². The number of hydrogen-bond donors (Lipinski definition) is 2. The van der Waals surface area contributed by atoms with Crippen LogP contribution in [0.25, 0.3) is 0 Å². The first-order valence-electron chi connectivity index (χ1n) is 7.62. The lowest BCUT2D eigenvalue weighted by Crippen LogP contribution is -2.71. The van der Waals surface area contributed by atoms with Crippen molar-refractivity contribution in [1.82, 2.24) is 15.1 Å². The van der Waals surface area contributed by atoms with Crippen molar-refractivity contribution in [3.63, 3.8) is 0 Å². The average molecular weight is 317 g/mol. The van der Waals surface area contributed by atoms with E-state index in [4.69, 9.17) is 0 Å². The van der Waals surface area contributed by atoms with Gasteiger partial charge in [0.2, 0.25) is 11.8 Å². The number of aliphatic hydroxyl groups is 1. The Hall–Kier alpha value is -2.41. The van der Waals surface area contributed by atoms with Crippen LogP contribution < -0.4 is 5.32 Å². The van der Waals surface area contributed by atoms with E-state index < -0.39 is 18.2 Å². The minimum atomic E-state index is -0.948. The van der Waals surface area contributed by atoms with E-state index in [1.54, 1.807) is 29.2 Å². The van der Waals surface area contributed by atoms with Crippen molar-refractivity contribution < 1.29 is 19.5 Å². The quantitative estimate of drug-likeness (QED) is 0.749. The van der Waals surface area contributed by atoms with Crippen molar-refractivity contribution in [1.29, 1.82) is 0 Å². The van der Waals surface area contributed by atoms with Gasteiger partial charge in [-0.2, -0.15) is 0 Å². The molecule has 2 heterocycles. The maximum absolute atomic E-state index is 12.5. The summed E-state index contributed by atoms with van der Waals surface area (Å²) in [5.74, 6) is -0.777. The van der Waals surface area contributed by atoms with Gasteiger partial charge < -0.3 is 20.2 Å². The lowest BCUT2D eigenvalue weighted by Gasteiger charge is -2.45. The predicted molar refractivity (Wildman–Crippen MR) is 81.5 cm³/mol. The number of aliphatic hydroxyl groups excluding tert-OH is 1. The first-order chi connectivity index (χ1) is 11.0. The molecule has 0 aromatic heterocycles. The van der Waals surface area contributed by atoms with E-state index >= 15 is 0 Å².